The van der Waals surface area contributed by atoms with Gasteiger partial charge in [-0.05, 0) is 70.9 Å². The van der Waals surface area contributed by atoms with E-state index in [1.165, 1.54) is 71.0 Å². The zero-order chi connectivity index (χ0) is 14.4. The number of rotatable bonds is 6. The summed E-state index contributed by atoms with van der Waals surface area (Å²) in [5.41, 5.74) is 0. The summed E-state index contributed by atoms with van der Waals surface area (Å²) < 4.78 is 0. The van der Waals surface area contributed by atoms with E-state index in [1.807, 2.05) is 0 Å². The van der Waals surface area contributed by atoms with Gasteiger partial charge in [0.25, 0.3) is 0 Å². The standard InChI is InChI=1S/C18H36N2/c1-4-12-20-13-8-11-18(14-20)16(3)19-15(2)17-9-6-5-7-10-17/h15-19H,4-14H2,1-3H3. The van der Waals surface area contributed by atoms with Gasteiger partial charge in [0.2, 0.25) is 0 Å². The number of hydrogen-bond acceptors (Lipinski definition) is 2. The van der Waals surface area contributed by atoms with Gasteiger partial charge in [-0.15, -0.1) is 0 Å². The molecule has 0 amide bonds. The Morgan fingerprint density at radius 1 is 0.950 bits per heavy atom. The number of nitrogens with one attached hydrogen (secondary N) is 1. The molecule has 2 rings (SSSR count). The fourth-order valence-electron chi connectivity index (χ4n) is 4.34. The van der Waals surface area contributed by atoms with E-state index >= 15 is 0 Å². The number of likely N-dealkylation sites (tertiary alicyclic amines) is 1. The van der Waals surface area contributed by atoms with E-state index in [1.54, 1.807) is 0 Å². The third kappa shape index (κ3) is 4.73. The highest BCUT2D eigenvalue weighted by Gasteiger charge is 2.27. The molecule has 0 aromatic heterocycles. The first kappa shape index (κ1) is 16.3. The molecular formula is C18H36N2. The molecule has 3 atom stereocenters. The maximum Gasteiger partial charge on any atom is 0.00818 e. The molecule has 0 bridgehead atoms. The molecule has 20 heavy (non-hydrogen) atoms. The molecule has 1 aliphatic carbocycles. The summed E-state index contributed by atoms with van der Waals surface area (Å²) >= 11 is 0. The van der Waals surface area contributed by atoms with E-state index < -0.39 is 0 Å². The van der Waals surface area contributed by atoms with Crippen LogP contribution in [0.15, 0.2) is 0 Å². The molecule has 2 heteroatoms. The minimum absolute atomic E-state index is 0.687. The van der Waals surface area contributed by atoms with E-state index in [4.69, 9.17) is 0 Å². The normalized spacial score (nSPS) is 29.2. The van der Waals surface area contributed by atoms with Crippen molar-refractivity contribution < 1.29 is 0 Å². The van der Waals surface area contributed by atoms with Crippen molar-refractivity contribution in [2.45, 2.75) is 84.2 Å². The van der Waals surface area contributed by atoms with Crippen LogP contribution < -0.4 is 5.32 Å². The Hall–Kier alpha value is -0.0800. The van der Waals surface area contributed by atoms with Crippen LogP contribution >= 0.6 is 0 Å². The van der Waals surface area contributed by atoms with Crippen molar-refractivity contribution in [3.63, 3.8) is 0 Å². The van der Waals surface area contributed by atoms with Gasteiger partial charge < -0.3 is 10.2 Å². The third-order valence-electron chi connectivity index (χ3n) is 5.67. The molecule has 1 saturated carbocycles. The molecule has 118 valence electrons. The molecular weight excluding hydrogens is 244 g/mol. The Balaban J connectivity index is 1.76. The predicted molar refractivity (Wildman–Crippen MR) is 88.1 cm³/mol. The lowest BCUT2D eigenvalue weighted by molar-refractivity contribution is 0.139. The average molecular weight is 280 g/mol. The van der Waals surface area contributed by atoms with Crippen molar-refractivity contribution in [1.82, 2.24) is 10.2 Å². The van der Waals surface area contributed by atoms with E-state index in [-0.39, 0.29) is 0 Å². The Morgan fingerprint density at radius 3 is 2.30 bits per heavy atom. The Labute approximate surface area is 126 Å². The second-order valence-electron chi connectivity index (χ2n) is 7.35. The fraction of sp³-hybridized carbons (Fsp3) is 1.00. The number of piperidine rings is 1. The van der Waals surface area contributed by atoms with Gasteiger partial charge in [0.1, 0.15) is 0 Å². The first-order chi connectivity index (χ1) is 9.70. The smallest absolute Gasteiger partial charge is 0.00818 e. The van der Waals surface area contributed by atoms with Crippen LogP contribution in [0.1, 0.15) is 72.1 Å². The summed E-state index contributed by atoms with van der Waals surface area (Å²) in [6, 6.07) is 1.40. The molecule has 1 saturated heterocycles. The van der Waals surface area contributed by atoms with Crippen LogP contribution in [0.3, 0.4) is 0 Å². The zero-order valence-electron chi connectivity index (χ0n) is 14.0. The second-order valence-corrected chi connectivity index (χ2v) is 7.35. The highest BCUT2D eigenvalue weighted by molar-refractivity contribution is 4.84. The Bertz CT molecular complexity index is 258. The van der Waals surface area contributed by atoms with Gasteiger partial charge in [0.15, 0.2) is 0 Å². The quantitative estimate of drug-likeness (QED) is 0.789. The van der Waals surface area contributed by atoms with Gasteiger partial charge in [-0.1, -0.05) is 26.2 Å². The van der Waals surface area contributed by atoms with Crippen LogP contribution in [-0.4, -0.2) is 36.6 Å². The summed E-state index contributed by atoms with van der Waals surface area (Å²) in [6.45, 7) is 11.1. The molecule has 1 aliphatic heterocycles. The second kappa shape index (κ2) is 8.38. The van der Waals surface area contributed by atoms with Gasteiger partial charge in [0, 0.05) is 18.6 Å². The van der Waals surface area contributed by atoms with Crippen LogP contribution in [0.4, 0.5) is 0 Å². The van der Waals surface area contributed by atoms with Gasteiger partial charge in [-0.3, -0.25) is 0 Å². The molecule has 0 aromatic carbocycles. The summed E-state index contributed by atoms with van der Waals surface area (Å²) in [4.78, 5) is 2.68. The first-order valence-electron chi connectivity index (χ1n) is 9.19. The number of nitrogens with zero attached hydrogens (tertiary/aromatic N) is 1. The van der Waals surface area contributed by atoms with E-state index in [0.717, 1.165) is 11.8 Å². The summed E-state index contributed by atoms with van der Waals surface area (Å²) in [5, 5.41) is 3.96. The molecule has 0 aromatic rings. The van der Waals surface area contributed by atoms with Crippen LogP contribution in [-0.2, 0) is 0 Å². The Morgan fingerprint density at radius 2 is 1.60 bits per heavy atom. The van der Waals surface area contributed by atoms with Crippen molar-refractivity contribution in [2.75, 3.05) is 19.6 Å². The van der Waals surface area contributed by atoms with Crippen molar-refractivity contribution in [2.24, 2.45) is 11.8 Å². The predicted octanol–water partition coefficient (Wildman–Crippen LogP) is 4.06. The summed E-state index contributed by atoms with van der Waals surface area (Å²) in [7, 11) is 0. The molecule has 1 N–H and O–H groups in total. The highest BCUT2D eigenvalue weighted by Crippen LogP contribution is 2.27. The lowest BCUT2D eigenvalue weighted by atomic mass is 9.83. The molecule has 0 spiro atoms. The first-order valence-corrected chi connectivity index (χ1v) is 9.19. The maximum atomic E-state index is 3.96. The largest absolute Gasteiger partial charge is 0.311 e. The molecule has 1 heterocycles. The van der Waals surface area contributed by atoms with Crippen LogP contribution in [0.5, 0.6) is 0 Å². The Kier molecular flexibility index (Phi) is 6.83. The minimum atomic E-state index is 0.687. The third-order valence-corrected chi connectivity index (χ3v) is 5.67. The van der Waals surface area contributed by atoms with Gasteiger partial charge >= 0.3 is 0 Å². The van der Waals surface area contributed by atoms with Gasteiger partial charge in [-0.25, -0.2) is 0 Å². The van der Waals surface area contributed by atoms with E-state index in [2.05, 4.69) is 31.0 Å². The minimum Gasteiger partial charge on any atom is -0.311 e. The van der Waals surface area contributed by atoms with Crippen molar-refractivity contribution >= 4 is 0 Å². The van der Waals surface area contributed by atoms with Crippen molar-refractivity contribution in [1.29, 1.82) is 0 Å². The topological polar surface area (TPSA) is 15.3 Å². The zero-order valence-corrected chi connectivity index (χ0v) is 14.0. The van der Waals surface area contributed by atoms with Gasteiger partial charge in [-0.2, -0.15) is 0 Å². The molecule has 2 fully saturated rings. The monoisotopic (exact) mass is 280 g/mol. The fourth-order valence-corrected chi connectivity index (χ4v) is 4.34. The molecule has 3 unspecified atom stereocenters. The molecule has 2 nitrogen and oxygen atoms in total. The summed E-state index contributed by atoms with van der Waals surface area (Å²) in [5.74, 6) is 1.79. The molecule has 0 radical (unpaired) electrons. The number of hydrogen-bond donors (Lipinski definition) is 1. The van der Waals surface area contributed by atoms with Crippen molar-refractivity contribution in [3.05, 3.63) is 0 Å². The summed E-state index contributed by atoms with van der Waals surface area (Å²) in [6.07, 6.45) is 11.4. The average Bonchev–Trinajstić information content (AvgIpc) is 2.48. The van der Waals surface area contributed by atoms with Crippen LogP contribution in [0.25, 0.3) is 0 Å². The lowest BCUT2D eigenvalue weighted by Gasteiger charge is -2.38. The van der Waals surface area contributed by atoms with Crippen molar-refractivity contribution in [3.8, 4) is 0 Å². The molecule has 2 aliphatic rings. The highest BCUT2D eigenvalue weighted by atomic mass is 15.1. The SMILES string of the molecule is CCCN1CCCC(C(C)NC(C)C2CCCCC2)C1. The lowest BCUT2D eigenvalue weighted by Crippen LogP contribution is -2.48. The van der Waals surface area contributed by atoms with Gasteiger partial charge in [0.05, 0.1) is 0 Å². The van der Waals surface area contributed by atoms with Crippen LogP contribution in [0, 0.1) is 11.8 Å². The van der Waals surface area contributed by atoms with E-state index in [9.17, 15) is 0 Å². The van der Waals surface area contributed by atoms with Crippen LogP contribution in [0.2, 0.25) is 0 Å². The van der Waals surface area contributed by atoms with E-state index in [0.29, 0.717) is 12.1 Å². The maximum absolute atomic E-state index is 3.96.